The Balaban J connectivity index is 2.13. The maximum absolute atomic E-state index is 12.4. The highest BCUT2D eigenvalue weighted by molar-refractivity contribution is 8.02. The van der Waals surface area contributed by atoms with E-state index in [9.17, 15) is 13.2 Å². The molecule has 1 aromatic carbocycles. The third kappa shape index (κ3) is 4.86. The fourth-order valence-electron chi connectivity index (χ4n) is 1.78. The minimum Gasteiger partial charge on any atom is -0.363 e. The van der Waals surface area contributed by atoms with E-state index >= 15 is 0 Å². The van der Waals surface area contributed by atoms with E-state index in [1.165, 1.54) is 49.3 Å². The Morgan fingerprint density at radius 2 is 2.04 bits per heavy atom. The minimum atomic E-state index is -3.71. The first-order valence-electron chi connectivity index (χ1n) is 7.36. The molecule has 26 heavy (non-hydrogen) atoms. The summed E-state index contributed by atoms with van der Waals surface area (Å²) in [7, 11) is 0.855. The number of halogens is 1. The molecule has 142 valence electrons. The average Bonchev–Trinajstić information content (AvgIpc) is 3.03. The lowest BCUT2D eigenvalue weighted by Crippen LogP contribution is -2.24. The van der Waals surface area contributed by atoms with E-state index in [0.29, 0.717) is 15.2 Å². The molecule has 0 saturated carbocycles. The molecule has 0 bridgehead atoms. The van der Waals surface area contributed by atoms with Gasteiger partial charge in [-0.3, -0.25) is 4.79 Å². The van der Waals surface area contributed by atoms with Gasteiger partial charge in [0.25, 0.3) is 0 Å². The van der Waals surface area contributed by atoms with Gasteiger partial charge in [-0.05, 0) is 25.1 Å². The molecule has 2 aromatic rings. The van der Waals surface area contributed by atoms with Crippen molar-refractivity contribution in [1.29, 1.82) is 0 Å². The van der Waals surface area contributed by atoms with Crippen LogP contribution in [0, 0.1) is 0 Å². The molecule has 0 saturated heterocycles. The molecular formula is C14H18ClN5O3S3. The molecule has 1 aromatic heterocycles. The minimum absolute atomic E-state index is 0.0648. The summed E-state index contributed by atoms with van der Waals surface area (Å²) < 4.78 is 26.3. The molecular weight excluding hydrogens is 418 g/mol. The number of thioether (sulfide) groups is 1. The zero-order valence-corrected chi connectivity index (χ0v) is 17.7. The Morgan fingerprint density at radius 1 is 1.35 bits per heavy atom. The first-order chi connectivity index (χ1) is 12.1. The van der Waals surface area contributed by atoms with Gasteiger partial charge in [0.05, 0.1) is 10.3 Å². The van der Waals surface area contributed by atoms with Crippen molar-refractivity contribution in [3.63, 3.8) is 0 Å². The van der Waals surface area contributed by atoms with Gasteiger partial charge in [0, 0.05) is 26.8 Å². The van der Waals surface area contributed by atoms with Gasteiger partial charge in [0.1, 0.15) is 4.90 Å². The van der Waals surface area contributed by atoms with E-state index in [1.807, 2.05) is 0 Å². The second-order valence-electron chi connectivity index (χ2n) is 5.31. The topological polar surface area (TPSA) is 104 Å². The van der Waals surface area contributed by atoms with Gasteiger partial charge in [0.2, 0.25) is 21.1 Å². The van der Waals surface area contributed by atoms with Crippen molar-refractivity contribution in [2.24, 2.45) is 0 Å². The van der Waals surface area contributed by atoms with Crippen LogP contribution in [-0.2, 0) is 14.8 Å². The molecule has 1 amide bonds. The van der Waals surface area contributed by atoms with Crippen molar-refractivity contribution in [2.45, 2.75) is 21.4 Å². The molecule has 0 spiro atoms. The van der Waals surface area contributed by atoms with Crippen LogP contribution in [0.2, 0.25) is 5.02 Å². The van der Waals surface area contributed by atoms with E-state index < -0.39 is 15.3 Å². The molecule has 1 heterocycles. The van der Waals surface area contributed by atoms with Crippen LogP contribution in [0.3, 0.4) is 0 Å². The van der Waals surface area contributed by atoms with E-state index in [0.717, 1.165) is 4.31 Å². The average molecular weight is 436 g/mol. The van der Waals surface area contributed by atoms with Crippen molar-refractivity contribution >= 4 is 61.4 Å². The molecule has 2 rings (SSSR count). The molecule has 1 atom stereocenters. The number of anilines is 2. The molecule has 0 fully saturated rings. The van der Waals surface area contributed by atoms with Crippen LogP contribution in [0.1, 0.15) is 6.92 Å². The van der Waals surface area contributed by atoms with Crippen molar-refractivity contribution in [3.8, 4) is 0 Å². The lowest BCUT2D eigenvalue weighted by atomic mass is 10.3. The number of amides is 1. The predicted molar refractivity (Wildman–Crippen MR) is 106 cm³/mol. The van der Waals surface area contributed by atoms with E-state index in [2.05, 4.69) is 20.8 Å². The molecule has 0 aliphatic carbocycles. The summed E-state index contributed by atoms with van der Waals surface area (Å²) in [6.07, 6.45) is 0. The Bertz CT molecular complexity index is 901. The number of nitrogens with zero attached hydrogens (tertiary/aromatic N) is 3. The number of carbonyl (C=O) groups excluding carboxylic acids is 1. The quantitative estimate of drug-likeness (QED) is 0.644. The van der Waals surface area contributed by atoms with Gasteiger partial charge in [-0.15, -0.1) is 10.2 Å². The summed E-state index contributed by atoms with van der Waals surface area (Å²) in [4.78, 5) is 12.3. The maximum Gasteiger partial charge on any atom is 0.244 e. The molecule has 0 aliphatic rings. The first kappa shape index (κ1) is 20.9. The summed E-state index contributed by atoms with van der Waals surface area (Å²) in [6.45, 7) is 1.73. The van der Waals surface area contributed by atoms with Crippen molar-refractivity contribution in [3.05, 3.63) is 23.2 Å². The SMILES string of the molecule is CNc1nnc(S[C@H](C)C(=O)Nc2ccc(Cl)c(S(=O)(=O)N(C)C)c2)s1. The molecule has 12 heteroatoms. The number of sulfonamides is 1. The number of nitrogens with one attached hydrogen (secondary N) is 2. The number of benzene rings is 1. The third-order valence-electron chi connectivity index (χ3n) is 3.22. The Morgan fingerprint density at radius 3 is 2.62 bits per heavy atom. The normalized spacial score (nSPS) is 12.8. The fraction of sp³-hybridized carbons (Fsp3) is 0.357. The molecule has 2 N–H and O–H groups in total. The monoisotopic (exact) mass is 435 g/mol. The van der Waals surface area contributed by atoms with Crippen LogP contribution in [0.15, 0.2) is 27.4 Å². The maximum atomic E-state index is 12.4. The highest BCUT2D eigenvalue weighted by Gasteiger charge is 2.22. The van der Waals surface area contributed by atoms with E-state index in [1.54, 1.807) is 20.0 Å². The van der Waals surface area contributed by atoms with E-state index in [4.69, 9.17) is 11.6 Å². The summed E-state index contributed by atoms with van der Waals surface area (Å²) in [5, 5.41) is 13.8. The van der Waals surface area contributed by atoms with Crippen LogP contribution in [0.5, 0.6) is 0 Å². The summed E-state index contributed by atoms with van der Waals surface area (Å²) >= 11 is 8.61. The zero-order chi connectivity index (χ0) is 19.5. The molecule has 0 unspecified atom stereocenters. The van der Waals surface area contributed by atoms with Crippen molar-refractivity contribution in [2.75, 3.05) is 31.8 Å². The second kappa shape index (κ2) is 8.53. The van der Waals surface area contributed by atoms with Gasteiger partial charge in [0.15, 0.2) is 4.34 Å². The highest BCUT2D eigenvalue weighted by Crippen LogP contribution is 2.30. The molecule has 0 aliphatic heterocycles. The number of carbonyl (C=O) groups is 1. The standard InChI is InChI=1S/C14H18ClN5O3S3/c1-8(24-14-19-18-13(16-2)25-14)12(21)17-9-5-6-10(15)11(7-9)26(22,23)20(3)4/h5-8H,1-4H3,(H,16,18)(H,17,21)/t8-/m1/s1. The highest BCUT2D eigenvalue weighted by atomic mass is 35.5. The van der Waals surface area contributed by atoms with E-state index in [-0.39, 0.29) is 15.8 Å². The van der Waals surface area contributed by atoms with Gasteiger partial charge >= 0.3 is 0 Å². The third-order valence-corrected chi connectivity index (χ3v) is 7.65. The van der Waals surface area contributed by atoms with Crippen molar-refractivity contribution < 1.29 is 13.2 Å². The molecule has 8 nitrogen and oxygen atoms in total. The lowest BCUT2D eigenvalue weighted by molar-refractivity contribution is -0.115. The van der Waals surface area contributed by atoms with Crippen LogP contribution < -0.4 is 10.6 Å². The Hall–Kier alpha value is -1.40. The number of hydrogen-bond donors (Lipinski definition) is 2. The summed E-state index contributed by atoms with van der Waals surface area (Å²) in [6, 6.07) is 4.34. The number of aromatic nitrogens is 2. The first-order valence-corrected chi connectivity index (χ1v) is 10.9. The summed E-state index contributed by atoms with van der Waals surface area (Å²) in [5.41, 5.74) is 0.348. The zero-order valence-electron chi connectivity index (χ0n) is 14.5. The summed E-state index contributed by atoms with van der Waals surface area (Å²) in [5.74, 6) is -0.285. The predicted octanol–water partition coefficient (Wildman–Crippen LogP) is 2.60. The number of rotatable bonds is 7. The Labute approximate surface area is 165 Å². The second-order valence-corrected chi connectivity index (χ2v) is 10.4. The van der Waals surface area contributed by atoms with Crippen LogP contribution in [-0.4, -0.2) is 55.2 Å². The largest absolute Gasteiger partial charge is 0.363 e. The van der Waals surface area contributed by atoms with Crippen LogP contribution >= 0.6 is 34.7 Å². The van der Waals surface area contributed by atoms with Gasteiger partial charge in [-0.25, -0.2) is 12.7 Å². The van der Waals surface area contributed by atoms with Crippen LogP contribution in [0.25, 0.3) is 0 Å². The molecule has 0 radical (unpaired) electrons. The fourth-order valence-corrected chi connectivity index (χ4v) is 5.03. The van der Waals surface area contributed by atoms with Crippen LogP contribution in [0.4, 0.5) is 10.8 Å². The smallest absolute Gasteiger partial charge is 0.244 e. The Kier molecular flexibility index (Phi) is 6.86. The van der Waals surface area contributed by atoms with Gasteiger partial charge in [-0.2, -0.15) is 0 Å². The van der Waals surface area contributed by atoms with Gasteiger partial charge in [-0.1, -0.05) is 34.7 Å². The van der Waals surface area contributed by atoms with Crippen molar-refractivity contribution in [1.82, 2.24) is 14.5 Å². The number of hydrogen-bond acceptors (Lipinski definition) is 8. The lowest BCUT2D eigenvalue weighted by Gasteiger charge is -2.15. The van der Waals surface area contributed by atoms with Gasteiger partial charge < -0.3 is 10.6 Å².